The molecule has 0 unspecified atom stereocenters. The number of carbonyl (C=O) groups is 2. The van der Waals surface area contributed by atoms with Crippen molar-refractivity contribution in [2.75, 3.05) is 6.61 Å². The number of carbonyl (C=O) groups excluding carboxylic acids is 2. The first kappa shape index (κ1) is 19.1. The van der Waals surface area contributed by atoms with Crippen LogP contribution in [0.4, 0.5) is 0 Å². The highest BCUT2D eigenvalue weighted by Gasteiger charge is 2.73. The summed E-state index contributed by atoms with van der Waals surface area (Å²) in [7, 11) is 0. The van der Waals surface area contributed by atoms with E-state index in [4.69, 9.17) is 4.74 Å². The molecule has 2 N–H and O–H groups in total. The molecule has 0 aromatic heterocycles. The third-order valence-electron chi connectivity index (χ3n) is 8.86. The Morgan fingerprint density at radius 1 is 1.22 bits per heavy atom. The fourth-order valence-corrected chi connectivity index (χ4v) is 7.69. The number of aliphatic hydroxyl groups is 2. The van der Waals surface area contributed by atoms with Crippen LogP contribution in [0.15, 0.2) is 12.2 Å². The van der Waals surface area contributed by atoms with Crippen molar-refractivity contribution < 1.29 is 24.5 Å². The summed E-state index contributed by atoms with van der Waals surface area (Å²) in [4.78, 5) is 24.7. The Morgan fingerprint density at radius 2 is 1.93 bits per heavy atom. The first-order valence-corrected chi connectivity index (χ1v) is 10.3. The van der Waals surface area contributed by atoms with Crippen LogP contribution < -0.4 is 0 Å². The number of aliphatic hydroxyl groups excluding tert-OH is 2. The zero-order valence-corrected chi connectivity index (χ0v) is 16.7. The van der Waals surface area contributed by atoms with E-state index in [2.05, 4.69) is 20.4 Å². The monoisotopic (exact) mass is 376 g/mol. The van der Waals surface area contributed by atoms with Crippen LogP contribution >= 0.6 is 0 Å². The minimum atomic E-state index is -1.09. The van der Waals surface area contributed by atoms with E-state index in [0.717, 1.165) is 32.1 Å². The maximum absolute atomic E-state index is 13.3. The second kappa shape index (κ2) is 5.90. The predicted octanol–water partition coefficient (Wildman–Crippen LogP) is 2.64. The summed E-state index contributed by atoms with van der Waals surface area (Å²) in [5.74, 6) is -0.515. The SMILES string of the molecule is C=C1C(=O)[C@@]23[C@H](O)C[C@H]4[C@@](C)(COC(C)=O)CCC[C@@]4(C)[C@H]2CC[C@@H]1[C@H]3O. The Morgan fingerprint density at radius 3 is 2.59 bits per heavy atom. The molecule has 4 rings (SSSR count). The Kier molecular flexibility index (Phi) is 4.18. The van der Waals surface area contributed by atoms with E-state index in [-0.39, 0.29) is 40.3 Å². The fraction of sp³-hybridized carbons (Fsp3) is 0.818. The lowest BCUT2D eigenvalue weighted by Gasteiger charge is -2.65. The van der Waals surface area contributed by atoms with Gasteiger partial charge in [0.1, 0.15) is 0 Å². The van der Waals surface area contributed by atoms with Crippen molar-refractivity contribution in [3.63, 3.8) is 0 Å². The molecule has 0 aliphatic heterocycles. The third-order valence-corrected chi connectivity index (χ3v) is 8.86. The highest BCUT2D eigenvalue weighted by atomic mass is 16.5. The molecular formula is C22H32O5. The van der Waals surface area contributed by atoms with Crippen LogP contribution in [0.1, 0.15) is 59.3 Å². The van der Waals surface area contributed by atoms with E-state index >= 15 is 0 Å². The van der Waals surface area contributed by atoms with Crippen molar-refractivity contribution in [3.8, 4) is 0 Å². The summed E-state index contributed by atoms with van der Waals surface area (Å²) in [6, 6.07) is 0. The maximum atomic E-state index is 13.3. The predicted molar refractivity (Wildman–Crippen MR) is 99.6 cm³/mol. The summed E-state index contributed by atoms with van der Waals surface area (Å²) in [5, 5.41) is 22.4. The van der Waals surface area contributed by atoms with Crippen LogP contribution in [0, 0.1) is 34.0 Å². The minimum Gasteiger partial charge on any atom is -0.465 e. The van der Waals surface area contributed by atoms with E-state index in [1.54, 1.807) is 0 Å². The van der Waals surface area contributed by atoms with Crippen molar-refractivity contribution in [1.82, 2.24) is 0 Å². The molecule has 5 heteroatoms. The van der Waals surface area contributed by atoms with Gasteiger partial charge in [0, 0.05) is 18.3 Å². The Labute approximate surface area is 161 Å². The van der Waals surface area contributed by atoms with E-state index < -0.39 is 17.6 Å². The number of esters is 1. The van der Waals surface area contributed by atoms with E-state index in [9.17, 15) is 19.8 Å². The van der Waals surface area contributed by atoms with Gasteiger partial charge in [0.15, 0.2) is 5.78 Å². The van der Waals surface area contributed by atoms with Crippen molar-refractivity contribution in [2.45, 2.75) is 71.5 Å². The molecule has 4 fully saturated rings. The zero-order valence-electron chi connectivity index (χ0n) is 16.7. The van der Waals surface area contributed by atoms with Crippen LogP contribution in [0.5, 0.6) is 0 Å². The third kappa shape index (κ3) is 2.24. The van der Waals surface area contributed by atoms with Gasteiger partial charge in [-0.3, -0.25) is 9.59 Å². The van der Waals surface area contributed by atoms with Gasteiger partial charge in [-0.25, -0.2) is 0 Å². The topological polar surface area (TPSA) is 83.8 Å². The molecule has 150 valence electrons. The highest BCUT2D eigenvalue weighted by Crippen LogP contribution is 2.71. The number of ketones is 1. The number of ether oxygens (including phenoxy) is 1. The van der Waals surface area contributed by atoms with Gasteiger partial charge >= 0.3 is 5.97 Å². The molecule has 0 aromatic carbocycles. The fourth-order valence-electron chi connectivity index (χ4n) is 7.69. The molecule has 27 heavy (non-hydrogen) atoms. The average molecular weight is 376 g/mol. The number of hydrogen-bond acceptors (Lipinski definition) is 5. The summed E-state index contributed by atoms with van der Waals surface area (Å²) in [6.45, 7) is 10.1. The van der Waals surface area contributed by atoms with Crippen LogP contribution in [0.2, 0.25) is 0 Å². The number of Topliss-reactive ketones (excluding diaryl/α,β-unsaturated/α-hetero) is 1. The Bertz CT molecular complexity index is 701. The van der Waals surface area contributed by atoms with Crippen LogP contribution in [0.3, 0.4) is 0 Å². The lowest BCUT2D eigenvalue weighted by molar-refractivity contribution is -0.231. The van der Waals surface area contributed by atoms with Crippen molar-refractivity contribution in [3.05, 3.63) is 12.2 Å². The molecular weight excluding hydrogens is 344 g/mol. The van der Waals surface area contributed by atoms with E-state index in [1.807, 2.05) is 0 Å². The van der Waals surface area contributed by atoms with Gasteiger partial charge in [-0.1, -0.05) is 26.8 Å². The lowest BCUT2D eigenvalue weighted by Crippen LogP contribution is -2.67. The average Bonchev–Trinajstić information content (AvgIpc) is 2.71. The smallest absolute Gasteiger partial charge is 0.302 e. The first-order valence-electron chi connectivity index (χ1n) is 10.3. The Balaban J connectivity index is 1.77. The van der Waals surface area contributed by atoms with E-state index in [1.165, 1.54) is 6.92 Å². The number of fused-ring (bicyclic) bond motifs is 3. The van der Waals surface area contributed by atoms with Gasteiger partial charge in [-0.05, 0) is 54.9 Å². The van der Waals surface area contributed by atoms with Gasteiger partial charge < -0.3 is 14.9 Å². The van der Waals surface area contributed by atoms with Crippen LogP contribution in [-0.4, -0.2) is 40.8 Å². The van der Waals surface area contributed by atoms with E-state index in [0.29, 0.717) is 18.6 Å². The Hall–Kier alpha value is -1.20. The molecule has 0 saturated heterocycles. The molecule has 0 aromatic rings. The largest absolute Gasteiger partial charge is 0.465 e. The van der Waals surface area contributed by atoms with Gasteiger partial charge in [-0.2, -0.15) is 0 Å². The van der Waals surface area contributed by atoms with Crippen LogP contribution in [-0.2, 0) is 14.3 Å². The van der Waals surface area contributed by atoms with Gasteiger partial charge in [0.25, 0.3) is 0 Å². The number of rotatable bonds is 2. The van der Waals surface area contributed by atoms with Crippen molar-refractivity contribution in [1.29, 1.82) is 0 Å². The lowest BCUT2D eigenvalue weighted by atomic mass is 9.39. The quantitative estimate of drug-likeness (QED) is 0.572. The van der Waals surface area contributed by atoms with Crippen molar-refractivity contribution >= 4 is 11.8 Å². The first-order chi connectivity index (χ1) is 12.6. The second-order valence-electron chi connectivity index (χ2n) is 10.1. The molecule has 4 saturated carbocycles. The molecule has 1 spiro atoms. The summed E-state index contributed by atoms with van der Waals surface area (Å²) in [5.41, 5.74) is -0.977. The summed E-state index contributed by atoms with van der Waals surface area (Å²) < 4.78 is 5.42. The molecule has 5 nitrogen and oxygen atoms in total. The molecule has 0 radical (unpaired) electrons. The highest BCUT2D eigenvalue weighted by molar-refractivity contribution is 6.04. The maximum Gasteiger partial charge on any atom is 0.302 e. The summed E-state index contributed by atoms with van der Waals surface area (Å²) >= 11 is 0. The molecule has 4 aliphatic rings. The van der Waals surface area contributed by atoms with Gasteiger partial charge in [0.2, 0.25) is 0 Å². The molecule has 0 heterocycles. The normalized spacial score (nSPS) is 51.5. The van der Waals surface area contributed by atoms with Gasteiger partial charge in [-0.15, -0.1) is 0 Å². The molecule has 8 atom stereocenters. The minimum absolute atomic E-state index is 0.0614. The molecule has 4 aliphatic carbocycles. The molecule has 2 bridgehead atoms. The standard InChI is InChI=1S/C22H32O5/c1-12-14-6-7-15-21(4)9-5-8-20(3,11-27-13(2)23)16(21)10-17(24)22(15,18(12)25)19(14)26/h14-17,19,24,26H,1,5-11H2,2-4H3/t14-,15+,16-,17+,19+,20+,21-,22-/m0/s1. The second-order valence-corrected chi connectivity index (χ2v) is 10.1. The zero-order chi connectivity index (χ0) is 19.8. The molecule has 0 amide bonds. The van der Waals surface area contributed by atoms with Gasteiger partial charge in [0.05, 0.1) is 24.2 Å². The van der Waals surface area contributed by atoms with Crippen LogP contribution in [0.25, 0.3) is 0 Å². The van der Waals surface area contributed by atoms with Crippen molar-refractivity contribution in [2.24, 2.45) is 34.0 Å². The number of hydrogen-bond donors (Lipinski definition) is 2. The summed E-state index contributed by atoms with van der Waals surface area (Å²) in [6.07, 6.45) is 3.28.